The molecule has 2 atom stereocenters. The molecule has 0 bridgehead atoms. The van der Waals surface area contributed by atoms with Crippen molar-refractivity contribution in [3.8, 4) is 0 Å². The second kappa shape index (κ2) is 6.61. The van der Waals surface area contributed by atoms with Gasteiger partial charge in [-0.25, -0.2) is 0 Å². The SMILES string of the molecule is CCCCCOC1CCC(C)(C)C1NCC. The summed E-state index contributed by atoms with van der Waals surface area (Å²) in [7, 11) is 0. The third kappa shape index (κ3) is 3.74. The first-order valence-corrected chi connectivity index (χ1v) is 6.96. The summed E-state index contributed by atoms with van der Waals surface area (Å²) in [4.78, 5) is 0. The van der Waals surface area contributed by atoms with Gasteiger partial charge in [0, 0.05) is 12.6 Å². The fourth-order valence-electron chi connectivity index (χ4n) is 2.73. The highest BCUT2D eigenvalue weighted by molar-refractivity contribution is 4.97. The number of unbranched alkanes of at least 4 members (excludes halogenated alkanes) is 2. The number of hydrogen-bond donors (Lipinski definition) is 1. The molecule has 1 rings (SSSR count). The van der Waals surface area contributed by atoms with Crippen LogP contribution in [0.4, 0.5) is 0 Å². The van der Waals surface area contributed by atoms with Crippen molar-refractivity contribution in [1.82, 2.24) is 5.32 Å². The van der Waals surface area contributed by atoms with Crippen LogP contribution in [0.25, 0.3) is 0 Å². The summed E-state index contributed by atoms with van der Waals surface area (Å²) >= 11 is 0. The maximum absolute atomic E-state index is 6.04. The Hall–Kier alpha value is -0.0800. The Morgan fingerprint density at radius 1 is 1.25 bits per heavy atom. The minimum absolute atomic E-state index is 0.394. The summed E-state index contributed by atoms with van der Waals surface area (Å²) in [5.41, 5.74) is 0.394. The summed E-state index contributed by atoms with van der Waals surface area (Å²) < 4.78 is 6.04. The van der Waals surface area contributed by atoms with E-state index in [9.17, 15) is 0 Å². The molecule has 2 nitrogen and oxygen atoms in total. The van der Waals surface area contributed by atoms with Gasteiger partial charge in [0.25, 0.3) is 0 Å². The van der Waals surface area contributed by atoms with E-state index in [4.69, 9.17) is 4.74 Å². The summed E-state index contributed by atoms with van der Waals surface area (Å²) in [5.74, 6) is 0. The predicted octanol–water partition coefficient (Wildman–Crippen LogP) is 3.36. The zero-order valence-corrected chi connectivity index (χ0v) is 11.5. The van der Waals surface area contributed by atoms with Crippen LogP contribution >= 0.6 is 0 Å². The summed E-state index contributed by atoms with van der Waals surface area (Å²) in [6.07, 6.45) is 6.72. The molecule has 0 spiro atoms. The maximum atomic E-state index is 6.04. The van der Waals surface area contributed by atoms with Crippen LogP contribution in [0.5, 0.6) is 0 Å². The molecule has 0 heterocycles. The van der Waals surface area contributed by atoms with Gasteiger partial charge in [0.05, 0.1) is 6.10 Å². The van der Waals surface area contributed by atoms with Crippen LogP contribution in [0.1, 0.15) is 59.8 Å². The van der Waals surface area contributed by atoms with Gasteiger partial charge in [-0.2, -0.15) is 0 Å². The predicted molar refractivity (Wildman–Crippen MR) is 69.7 cm³/mol. The van der Waals surface area contributed by atoms with Gasteiger partial charge in [0.2, 0.25) is 0 Å². The van der Waals surface area contributed by atoms with E-state index in [1.807, 2.05) is 0 Å². The van der Waals surface area contributed by atoms with Gasteiger partial charge in [-0.3, -0.25) is 0 Å². The molecule has 2 heteroatoms. The summed E-state index contributed by atoms with van der Waals surface area (Å²) in [6, 6.07) is 0.541. The fraction of sp³-hybridized carbons (Fsp3) is 1.00. The second-order valence-electron chi connectivity index (χ2n) is 5.68. The largest absolute Gasteiger partial charge is 0.377 e. The van der Waals surface area contributed by atoms with Crippen molar-refractivity contribution in [2.75, 3.05) is 13.2 Å². The molecule has 2 unspecified atom stereocenters. The number of likely N-dealkylation sites (N-methyl/N-ethyl adjacent to an activating group) is 1. The molecule has 0 aliphatic heterocycles. The van der Waals surface area contributed by atoms with Gasteiger partial charge < -0.3 is 10.1 Å². The number of hydrogen-bond acceptors (Lipinski definition) is 2. The second-order valence-corrected chi connectivity index (χ2v) is 5.68. The lowest BCUT2D eigenvalue weighted by Crippen LogP contribution is -2.45. The molecular weight excluding hydrogens is 198 g/mol. The normalized spacial score (nSPS) is 28.5. The highest BCUT2D eigenvalue weighted by Crippen LogP contribution is 2.39. The van der Waals surface area contributed by atoms with Crippen LogP contribution in [0.15, 0.2) is 0 Å². The van der Waals surface area contributed by atoms with Crippen molar-refractivity contribution in [3.05, 3.63) is 0 Å². The van der Waals surface area contributed by atoms with E-state index in [1.54, 1.807) is 0 Å². The lowest BCUT2D eigenvalue weighted by molar-refractivity contribution is 0.0252. The van der Waals surface area contributed by atoms with Crippen molar-refractivity contribution in [2.45, 2.75) is 71.9 Å². The Bertz CT molecular complexity index is 191. The third-order valence-electron chi connectivity index (χ3n) is 3.79. The smallest absolute Gasteiger partial charge is 0.0733 e. The minimum atomic E-state index is 0.394. The number of ether oxygens (including phenoxy) is 1. The molecule has 0 radical (unpaired) electrons. The van der Waals surface area contributed by atoms with Crippen LogP contribution in [0, 0.1) is 5.41 Å². The average molecular weight is 227 g/mol. The van der Waals surface area contributed by atoms with Crippen molar-refractivity contribution in [2.24, 2.45) is 5.41 Å². The highest BCUT2D eigenvalue weighted by Gasteiger charge is 2.41. The van der Waals surface area contributed by atoms with E-state index >= 15 is 0 Å². The topological polar surface area (TPSA) is 21.3 Å². The molecule has 0 aromatic rings. The van der Waals surface area contributed by atoms with E-state index in [-0.39, 0.29) is 0 Å². The van der Waals surface area contributed by atoms with E-state index in [0.717, 1.165) is 13.2 Å². The molecule has 1 aliphatic rings. The molecule has 1 aliphatic carbocycles. The molecule has 0 aromatic carbocycles. The quantitative estimate of drug-likeness (QED) is 0.673. The van der Waals surface area contributed by atoms with Crippen LogP contribution in [-0.4, -0.2) is 25.3 Å². The van der Waals surface area contributed by atoms with E-state index in [2.05, 4.69) is 33.0 Å². The fourth-order valence-corrected chi connectivity index (χ4v) is 2.73. The molecule has 16 heavy (non-hydrogen) atoms. The summed E-state index contributed by atoms with van der Waals surface area (Å²) in [5, 5.41) is 3.60. The minimum Gasteiger partial charge on any atom is -0.377 e. The Morgan fingerprint density at radius 3 is 2.62 bits per heavy atom. The van der Waals surface area contributed by atoms with E-state index < -0.39 is 0 Å². The Morgan fingerprint density at radius 2 is 2.00 bits per heavy atom. The first-order valence-electron chi connectivity index (χ1n) is 6.96. The van der Waals surface area contributed by atoms with Crippen molar-refractivity contribution >= 4 is 0 Å². The van der Waals surface area contributed by atoms with Crippen molar-refractivity contribution < 1.29 is 4.74 Å². The van der Waals surface area contributed by atoms with Gasteiger partial charge in [0.1, 0.15) is 0 Å². The first-order chi connectivity index (χ1) is 7.61. The number of nitrogens with one attached hydrogen (secondary N) is 1. The summed E-state index contributed by atoms with van der Waals surface area (Å²) in [6.45, 7) is 11.1. The molecule has 0 amide bonds. The van der Waals surface area contributed by atoms with Gasteiger partial charge in [-0.15, -0.1) is 0 Å². The van der Waals surface area contributed by atoms with E-state index in [1.165, 1.54) is 32.1 Å². The lowest BCUT2D eigenvalue weighted by atomic mass is 9.87. The average Bonchev–Trinajstić information content (AvgIpc) is 2.52. The third-order valence-corrected chi connectivity index (χ3v) is 3.79. The molecule has 1 saturated carbocycles. The van der Waals surface area contributed by atoms with E-state index in [0.29, 0.717) is 17.6 Å². The Balaban J connectivity index is 2.34. The zero-order chi connectivity index (χ0) is 12.0. The van der Waals surface area contributed by atoms with Crippen molar-refractivity contribution in [1.29, 1.82) is 0 Å². The van der Waals surface area contributed by atoms with Gasteiger partial charge >= 0.3 is 0 Å². The molecular formula is C14H29NO. The van der Waals surface area contributed by atoms with Crippen LogP contribution in [0.2, 0.25) is 0 Å². The van der Waals surface area contributed by atoms with Crippen molar-refractivity contribution in [3.63, 3.8) is 0 Å². The monoisotopic (exact) mass is 227 g/mol. The highest BCUT2D eigenvalue weighted by atomic mass is 16.5. The molecule has 96 valence electrons. The molecule has 1 fully saturated rings. The Labute approximate surface area is 101 Å². The zero-order valence-electron chi connectivity index (χ0n) is 11.5. The van der Waals surface area contributed by atoms with Crippen LogP contribution in [-0.2, 0) is 4.74 Å². The number of rotatable bonds is 7. The van der Waals surface area contributed by atoms with Crippen LogP contribution < -0.4 is 5.32 Å². The molecule has 1 N–H and O–H groups in total. The van der Waals surface area contributed by atoms with Gasteiger partial charge in [-0.05, 0) is 31.2 Å². The Kier molecular flexibility index (Phi) is 5.77. The van der Waals surface area contributed by atoms with Gasteiger partial charge in [0.15, 0.2) is 0 Å². The molecule has 0 saturated heterocycles. The standard InChI is InChI=1S/C14H29NO/c1-5-7-8-11-16-12-9-10-14(3,4)13(12)15-6-2/h12-13,15H,5-11H2,1-4H3. The van der Waals surface area contributed by atoms with Crippen LogP contribution in [0.3, 0.4) is 0 Å². The molecule has 0 aromatic heterocycles. The van der Waals surface area contributed by atoms with Gasteiger partial charge in [-0.1, -0.05) is 40.5 Å². The maximum Gasteiger partial charge on any atom is 0.0733 e. The first kappa shape index (κ1) is 14.0. The lowest BCUT2D eigenvalue weighted by Gasteiger charge is -2.31.